The summed E-state index contributed by atoms with van der Waals surface area (Å²) >= 11 is 0. The molecule has 10 heteroatoms. The standard InChI is InChI=1S/C16H25N7O.2ClH/c1-10(11(2)17)16(24)23-7-5-22(6-8-23)15-13-9-18-21(4)14(13)19-12(3)20-15;;/h9-11H,5-8,17H2,1-4H3;2*1H. The predicted octanol–water partition coefficient (Wildman–Crippen LogP) is 1.15. The van der Waals surface area contributed by atoms with Gasteiger partial charge >= 0.3 is 0 Å². The second-order valence-corrected chi connectivity index (χ2v) is 6.56. The Morgan fingerprint density at radius 2 is 1.77 bits per heavy atom. The molecule has 3 heterocycles. The van der Waals surface area contributed by atoms with Crippen molar-refractivity contribution in [3.05, 3.63) is 12.0 Å². The number of nitrogens with two attached hydrogens (primary N) is 1. The van der Waals surface area contributed by atoms with Crippen molar-refractivity contribution in [3.8, 4) is 0 Å². The van der Waals surface area contributed by atoms with Crippen LogP contribution >= 0.6 is 24.8 Å². The van der Waals surface area contributed by atoms with Crippen molar-refractivity contribution in [2.45, 2.75) is 26.8 Å². The second kappa shape index (κ2) is 8.83. The van der Waals surface area contributed by atoms with Gasteiger partial charge in [-0.2, -0.15) is 5.10 Å². The van der Waals surface area contributed by atoms with Crippen LogP contribution in [0.15, 0.2) is 6.20 Å². The van der Waals surface area contributed by atoms with Crippen LogP contribution in [0.1, 0.15) is 19.7 Å². The third-order valence-corrected chi connectivity index (χ3v) is 4.75. The monoisotopic (exact) mass is 403 g/mol. The maximum absolute atomic E-state index is 12.4. The summed E-state index contributed by atoms with van der Waals surface area (Å²) in [6.07, 6.45) is 1.81. The van der Waals surface area contributed by atoms with Crippen molar-refractivity contribution in [2.75, 3.05) is 31.1 Å². The number of hydrogen-bond acceptors (Lipinski definition) is 6. The topological polar surface area (TPSA) is 93.2 Å². The number of anilines is 1. The molecule has 1 aliphatic rings. The van der Waals surface area contributed by atoms with Crippen molar-refractivity contribution in [1.82, 2.24) is 24.6 Å². The van der Waals surface area contributed by atoms with Gasteiger partial charge in [0.2, 0.25) is 5.91 Å². The predicted molar refractivity (Wildman–Crippen MR) is 107 cm³/mol. The summed E-state index contributed by atoms with van der Waals surface area (Å²) in [7, 11) is 1.88. The second-order valence-electron chi connectivity index (χ2n) is 6.56. The largest absolute Gasteiger partial charge is 0.352 e. The van der Waals surface area contributed by atoms with Gasteiger partial charge in [-0.1, -0.05) is 6.92 Å². The summed E-state index contributed by atoms with van der Waals surface area (Å²) in [5.41, 5.74) is 6.69. The zero-order valence-electron chi connectivity index (χ0n) is 15.5. The van der Waals surface area contributed by atoms with Gasteiger partial charge in [0.05, 0.1) is 17.5 Å². The first kappa shape index (κ1) is 22.4. The molecule has 2 aromatic rings. The van der Waals surface area contributed by atoms with Crippen molar-refractivity contribution in [3.63, 3.8) is 0 Å². The van der Waals surface area contributed by atoms with Gasteiger partial charge in [0, 0.05) is 39.3 Å². The lowest BCUT2D eigenvalue weighted by Gasteiger charge is -2.37. The number of rotatable bonds is 3. The first-order chi connectivity index (χ1) is 11.4. The van der Waals surface area contributed by atoms with E-state index in [4.69, 9.17) is 5.73 Å². The Bertz CT molecular complexity index is 756. The Kier molecular flexibility index (Phi) is 7.61. The quantitative estimate of drug-likeness (QED) is 0.825. The fraction of sp³-hybridized carbons (Fsp3) is 0.625. The molecule has 2 unspecified atom stereocenters. The van der Waals surface area contributed by atoms with Crippen LogP contribution in [0, 0.1) is 12.8 Å². The third kappa shape index (κ3) is 4.19. The minimum absolute atomic E-state index is 0. The number of aromatic nitrogens is 4. The summed E-state index contributed by atoms with van der Waals surface area (Å²) < 4.78 is 1.76. The minimum Gasteiger partial charge on any atom is -0.352 e. The maximum Gasteiger partial charge on any atom is 0.227 e. The lowest BCUT2D eigenvalue weighted by molar-refractivity contribution is -0.135. The van der Waals surface area contributed by atoms with Gasteiger partial charge < -0.3 is 15.5 Å². The summed E-state index contributed by atoms with van der Waals surface area (Å²) in [5.74, 6) is 1.61. The minimum atomic E-state index is -0.150. The molecule has 0 aliphatic carbocycles. The number of hydrogen-bond donors (Lipinski definition) is 1. The molecule has 1 saturated heterocycles. The zero-order valence-corrected chi connectivity index (χ0v) is 17.2. The molecule has 1 aliphatic heterocycles. The van der Waals surface area contributed by atoms with E-state index < -0.39 is 0 Å². The lowest BCUT2D eigenvalue weighted by Crippen LogP contribution is -2.52. The molecule has 1 fully saturated rings. The highest BCUT2D eigenvalue weighted by atomic mass is 35.5. The third-order valence-electron chi connectivity index (χ3n) is 4.75. The molecule has 1 amide bonds. The van der Waals surface area contributed by atoms with Crippen LogP contribution in [0.2, 0.25) is 0 Å². The van der Waals surface area contributed by atoms with E-state index in [1.807, 2.05) is 32.7 Å². The van der Waals surface area contributed by atoms with E-state index >= 15 is 0 Å². The van der Waals surface area contributed by atoms with E-state index in [2.05, 4.69) is 20.0 Å². The number of nitrogens with zero attached hydrogens (tertiary/aromatic N) is 6. The molecule has 0 bridgehead atoms. The van der Waals surface area contributed by atoms with E-state index in [1.54, 1.807) is 10.9 Å². The number of aryl methyl sites for hydroxylation is 2. The molecular formula is C16H27Cl2N7O. The smallest absolute Gasteiger partial charge is 0.227 e. The summed E-state index contributed by atoms with van der Waals surface area (Å²) in [6.45, 7) is 8.52. The Balaban J connectivity index is 0.00000169. The number of fused-ring (bicyclic) bond motifs is 1. The fourth-order valence-corrected chi connectivity index (χ4v) is 3.01. The molecule has 2 atom stereocenters. The molecule has 8 nitrogen and oxygen atoms in total. The summed E-state index contributed by atoms with van der Waals surface area (Å²) in [5, 5.41) is 5.24. The van der Waals surface area contributed by atoms with Crippen LogP contribution in [0.5, 0.6) is 0 Å². The van der Waals surface area contributed by atoms with Crippen LogP contribution in [0.25, 0.3) is 11.0 Å². The maximum atomic E-state index is 12.4. The average molecular weight is 404 g/mol. The van der Waals surface area contributed by atoms with Crippen molar-refractivity contribution >= 4 is 47.6 Å². The molecule has 0 radical (unpaired) electrons. The first-order valence-electron chi connectivity index (χ1n) is 8.34. The highest BCUT2D eigenvalue weighted by Crippen LogP contribution is 2.24. The molecular weight excluding hydrogens is 377 g/mol. The highest BCUT2D eigenvalue weighted by molar-refractivity contribution is 5.87. The number of piperazine rings is 1. The average Bonchev–Trinajstić information content (AvgIpc) is 2.94. The molecule has 3 rings (SSSR count). The van der Waals surface area contributed by atoms with E-state index in [0.717, 1.165) is 35.8 Å². The number of amides is 1. The normalized spacial score (nSPS) is 16.7. The van der Waals surface area contributed by atoms with Crippen molar-refractivity contribution in [2.24, 2.45) is 18.7 Å². The number of carbonyl (C=O) groups excluding carboxylic acids is 1. The van der Waals surface area contributed by atoms with Crippen LogP contribution in [0.3, 0.4) is 0 Å². The number of halogens is 2. The number of carbonyl (C=O) groups is 1. The van der Waals surface area contributed by atoms with Crippen LogP contribution in [-0.2, 0) is 11.8 Å². The van der Waals surface area contributed by atoms with Gasteiger partial charge in [-0.3, -0.25) is 9.48 Å². The fourth-order valence-electron chi connectivity index (χ4n) is 3.01. The van der Waals surface area contributed by atoms with Crippen LogP contribution in [-0.4, -0.2) is 62.8 Å². The highest BCUT2D eigenvalue weighted by Gasteiger charge is 2.28. The van der Waals surface area contributed by atoms with Gasteiger partial charge in [0.1, 0.15) is 11.6 Å². The lowest BCUT2D eigenvalue weighted by atomic mass is 10.0. The van der Waals surface area contributed by atoms with Crippen LogP contribution in [0.4, 0.5) is 5.82 Å². The Labute approximate surface area is 165 Å². The molecule has 26 heavy (non-hydrogen) atoms. The first-order valence-corrected chi connectivity index (χ1v) is 8.34. The van der Waals surface area contributed by atoms with Gasteiger partial charge in [0.15, 0.2) is 5.65 Å². The Morgan fingerprint density at radius 3 is 2.35 bits per heavy atom. The SMILES string of the molecule is Cc1nc(N2CCN(C(=O)C(C)C(C)N)CC2)c2cnn(C)c2n1.Cl.Cl. The molecule has 0 aromatic carbocycles. The van der Waals surface area contributed by atoms with Crippen LogP contribution < -0.4 is 10.6 Å². The van der Waals surface area contributed by atoms with Gasteiger partial charge in [-0.15, -0.1) is 24.8 Å². The van der Waals surface area contributed by atoms with Gasteiger partial charge in [0.25, 0.3) is 0 Å². The Morgan fingerprint density at radius 1 is 1.15 bits per heavy atom. The summed E-state index contributed by atoms with van der Waals surface area (Å²) in [6, 6.07) is -0.130. The molecule has 2 N–H and O–H groups in total. The van der Waals surface area contributed by atoms with E-state index in [9.17, 15) is 4.79 Å². The van der Waals surface area contributed by atoms with E-state index in [-0.39, 0.29) is 42.7 Å². The van der Waals surface area contributed by atoms with E-state index in [0.29, 0.717) is 13.1 Å². The van der Waals surface area contributed by atoms with Gasteiger partial charge in [-0.05, 0) is 13.8 Å². The van der Waals surface area contributed by atoms with E-state index in [1.165, 1.54) is 0 Å². The van der Waals surface area contributed by atoms with Crippen molar-refractivity contribution < 1.29 is 4.79 Å². The molecule has 0 spiro atoms. The summed E-state index contributed by atoms with van der Waals surface area (Å²) in [4.78, 5) is 25.6. The van der Waals surface area contributed by atoms with Crippen molar-refractivity contribution in [1.29, 1.82) is 0 Å². The molecule has 0 saturated carbocycles. The Hall–Kier alpha value is -1.64. The molecule has 146 valence electrons. The zero-order chi connectivity index (χ0) is 17.4. The molecule has 2 aromatic heterocycles. The van der Waals surface area contributed by atoms with Gasteiger partial charge in [-0.25, -0.2) is 9.97 Å².